The van der Waals surface area contributed by atoms with E-state index >= 15 is 0 Å². The molecule has 5 nitrogen and oxygen atoms in total. The highest BCUT2D eigenvalue weighted by atomic mass is 35.5. The zero-order valence-electron chi connectivity index (χ0n) is 13.3. The van der Waals surface area contributed by atoms with E-state index in [1.54, 1.807) is 12.1 Å². The van der Waals surface area contributed by atoms with Crippen molar-refractivity contribution in [3.63, 3.8) is 0 Å². The Labute approximate surface area is 142 Å². The summed E-state index contributed by atoms with van der Waals surface area (Å²) < 4.78 is 0. The zero-order chi connectivity index (χ0) is 16.5. The van der Waals surface area contributed by atoms with E-state index in [9.17, 15) is 0 Å². The van der Waals surface area contributed by atoms with Crippen LogP contribution in [0.25, 0.3) is 0 Å². The van der Waals surface area contributed by atoms with E-state index in [0.29, 0.717) is 16.1 Å². The van der Waals surface area contributed by atoms with Gasteiger partial charge in [0.05, 0.1) is 17.1 Å². The summed E-state index contributed by atoms with van der Waals surface area (Å²) in [5.41, 5.74) is 8.12. The maximum atomic E-state index is 5.83. The van der Waals surface area contributed by atoms with Crippen molar-refractivity contribution in [1.29, 1.82) is 0 Å². The first kappa shape index (κ1) is 18.4. The van der Waals surface area contributed by atoms with Gasteiger partial charge in [-0.1, -0.05) is 25.4 Å². The molecule has 0 atom stereocenters. The van der Waals surface area contributed by atoms with Gasteiger partial charge in [-0.05, 0) is 56.2 Å². The van der Waals surface area contributed by atoms with Crippen molar-refractivity contribution in [1.82, 2.24) is 10.7 Å². The quantitative estimate of drug-likeness (QED) is 0.421. The van der Waals surface area contributed by atoms with Gasteiger partial charge in [0.25, 0.3) is 0 Å². The Balaban J connectivity index is 2.50. The third-order valence-electron chi connectivity index (χ3n) is 2.72. The molecular weight excluding hydrogens is 318 g/mol. The fourth-order valence-corrected chi connectivity index (χ4v) is 1.56. The Morgan fingerprint density at radius 1 is 1.14 bits per heavy atom. The van der Waals surface area contributed by atoms with Crippen LogP contribution in [0.15, 0.2) is 34.5 Å². The highest BCUT2D eigenvalue weighted by Gasteiger charge is 2.00. The minimum Gasteiger partial charge on any atom is -0.361 e. The number of nitrogens with one attached hydrogen (secondary N) is 3. The molecule has 0 unspecified atom stereocenters. The fraction of sp³-hybridized carbons (Fsp3) is 0.400. The van der Waals surface area contributed by atoms with E-state index in [2.05, 4.69) is 40.2 Å². The maximum Gasteiger partial charge on any atom is 0.186 e. The monoisotopic (exact) mass is 339 g/mol. The van der Waals surface area contributed by atoms with Gasteiger partial charge in [-0.2, -0.15) is 10.2 Å². The molecular formula is C15H22ClN5S. The summed E-state index contributed by atoms with van der Waals surface area (Å²) in [6, 6.07) is 7.32. The molecule has 1 aromatic rings. The molecule has 7 heteroatoms. The van der Waals surface area contributed by atoms with Gasteiger partial charge < -0.3 is 5.32 Å². The largest absolute Gasteiger partial charge is 0.361 e. The van der Waals surface area contributed by atoms with Crippen LogP contribution in [0.5, 0.6) is 0 Å². The minimum absolute atomic E-state index is 0.506. The first-order valence-corrected chi connectivity index (χ1v) is 7.81. The number of halogens is 1. The third-order valence-corrected chi connectivity index (χ3v) is 3.20. The van der Waals surface area contributed by atoms with E-state index in [4.69, 9.17) is 23.8 Å². The second kappa shape index (κ2) is 9.38. The van der Waals surface area contributed by atoms with E-state index < -0.39 is 0 Å². The normalized spacial score (nSPS) is 12.3. The Kier molecular flexibility index (Phi) is 7.84. The molecule has 0 radical (unpaired) electrons. The number of hydrogen-bond donors (Lipinski definition) is 3. The molecule has 1 aromatic carbocycles. The lowest BCUT2D eigenvalue weighted by molar-refractivity contribution is 0.621. The molecule has 0 amide bonds. The van der Waals surface area contributed by atoms with Crippen LogP contribution >= 0.6 is 23.8 Å². The van der Waals surface area contributed by atoms with Crippen molar-refractivity contribution < 1.29 is 0 Å². The van der Waals surface area contributed by atoms with Crippen molar-refractivity contribution in [3.8, 4) is 0 Å². The molecule has 0 fully saturated rings. The van der Waals surface area contributed by atoms with Crippen LogP contribution < -0.4 is 16.2 Å². The van der Waals surface area contributed by atoms with Gasteiger partial charge in [0, 0.05) is 11.6 Å². The Morgan fingerprint density at radius 3 is 2.32 bits per heavy atom. The second-order valence-electron chi connectivity index (χ2n) is 5.23. The first-order chi connectivity index (χ1) is 10.4. The van der Waals surface area contributed by atoms with Crippen LogP contribution in [-0.4, -0.2) is 23.1 Å². The zero-order valence-corrected chi connectivity index (χ0v) is 14.8. The Hall–Kier alpha value is -1.66. The molecule has 1 rings (SSSR count). The van der Waals surface area contributed by atoms with Crippen molar-refractivity contribution in [2.75, 3.05) is 12.0 Å². The molecule has 120 valence electrons. The predicted molar refractivity (Wildman–Crippen MR) is 99.9 cm³/mol. The Bertz CT molecular complexity index is 552. The summed E-state index contributed by atoms with van der Waals surface area (Å²) in [5, 5.41) is 12.7. The molecule has 0 spiro atoms. The van der Waals surface area contributed by atoms with Gasteiger partial charge in [-0.15, -0.1) is 0 Å². The van der Waals surface area contributed by atoms with E-state index in [1.165, 1.54) is 0 Å². The third kappa shape index (κ3) is 7.38. The number of benzene rings is 1. The second-order valence-corrected chi connectivity index (χ2v) is 6.07. The SMILES string of the molecule is CC(=N/NC(=S)NCC(C)C)/C(C)=N/Nc1ccc(Cl)cc1. The van der Waals surface area contributed by atoms with E-state index in [-0.39, 0.29) is 0 Å². The number of thiocarbonyl (C=S) groups is 1. The lowest BCUT2D eigenvalue weighted by Gasteiger charge is -2.09. The standard InChI is InChI=1S/C15H22ClN5S/c1-10(2)9-17-15(22)21-19-12(4)11(3)18-20-14-7-5-13(16)6-8-14/h5-8,10,20H,9H2,1-4H3,(H2,17,21,22)/b18-11+,19-12-. The van der Waals surface area contributed by atoms with Gasteiger partial charge >= 0.3 is 0 Å². The van der Waals surface area contributed by atoms with Crippen LogP contribution in [0, 0.1) is 5.92 Å². The van der Waals surface area contributed by atoms with Gasteiger partial charge in [-0.25, -0.2) is 0 Å². The van der Waals surface area contributed by atoms with E-state index in [0.717, 1.165) is 23.7 Å². The van der Waals surface area contributed by atoms with Gasteiger partial charge in [-0.3, -0.25) is 10.9 Å². The van der Waals surface area contributed by atoms with Crippen LogP contribution in [0.4, 0.5) is 5.69 Å². The highest BCUT2D eigenvalue weighted by Crippen LogP contribution is 2.13. The first-order valence-electron chi connectivity index (χ1n) is 7.03. The fourth-order valence-electron chi connectivity index (χ4n) is 1.31. The average Bonchev–Trinajstić information content (AvgIpc) is 2.49. The molecule has 3 N–H and O–H groups in total. The highest BCUT2D eigenvalue weighted by molar-refractivity contribution is 7.80. The van der Waals surface area contributed by atoms with Gasteiger partial charge in [0.1, 0.15) is 0 Å². The van der Waals surface area contributed by atoms with Crippen molar-refractivity contribution in [2.24, 2.45) is 16.1 Å². The molecule has 0 aliphatic rings. The number of hydrazone groups is 2. The summed E-state index contributed by atoms with van der Waals surface area (Å²) in [6.45, 7) is 8.77. The molecule has 0 heterocycles. The Morgan fingerprint density at radius 2 is 1.73 bits per heavy atom. The van der Waals surface area contributed by atoms with Crippen molar-refractivity contribution in [2.45, 2.75) is 27.7 Å². The van der Waals surface area contributed by atoms with Crippen LogP contribution in [0.2, 0.25) is 5.02 Å². The summed E-state index contributed by atoms with van der Waals surface area (Å²) in [7, 11) is 0. The summed E-state index contributed by atoms with van der Waals surface area (Å²) in [4.78, 5) is 0. The average molecular weight is 340 g/mol. The molecule has 0 aromatic heterocycles. The number of anilines is 1. The van der Waals surface area contributed by atoms with Crippen molar-refractivity contribution >= 4 is 46.0 Å². The molecule has 0 saturated heterocycles. The topological polar surface area (TPSA) is 60.8 Å². The minimum atomic E-state index is 0.506. The predicted octanol–water partition coefficient (Wildman–Crippen LogP) is 3.62. The molecule has 0 bridgehead atoms. The van der Waals surface area contributed by atoms with Gasteiger partial charge in [0.2, 0.25) is 0 Å². The van der Waals surface area contributed by atoms with E-state index in [1.807, 2.05) is 26.0 Å². The molecule has 0 aliphatic heterocycles. The lowest BCUT2D eigenvalue weighted by Crippen LogP contribution is -2.35. The summed E-state index contributed by atoms with van der Waals surface area (Å²) in [5.74, 6) is 0.525. The van der Waals surface area contributed by atoms with Crippen molar-refractivity contribution in [3.05, 3.63) is 29.3 Å². The number of rotatable bonds is 6. The summed E-state index contributed by atoms with van der Waals surface area (Å²) >= 11 is 11.0. The van der Waals surface area contributed by atoms with Crippen LogP contribution in [0.3, 0.4) is 0 Å². The summed E-state index contributed by atoms with van der Waals surface area (Å²) in [6.07, 6.45) is 0. The molecule has 0 aliphatic carbocycles. The maximum absolute atomic E-state index is 5.83. The molecule has 0 saturated carbocycles. The number of nitrogens with zero attached hydrogens (tertiary/aromatic N) is 2. The number of hydrogen-bond acceptors (Lipinski definition) is 4. The van der Waals surface area contributed by atoms with Crippen LogP contribution in [0.1, 0.15) is 27.7 Å². The molecule has 22 heavy (non-hydrogen) atoms. The smallest absolute Gasteiger partial charge is 0.186 e. The van der Waals surface area contributed by atoms with Gasteiger partial charge in [0.15, 0.2) is 5.11 Å². The lowest BCUT2D eigenvalue weighted by atomic mass is 10.2. The van der Waals surface area contributed by atoms with Crippen LogP contribution in [-0.2, 0) is 0 Å².